The van der Waals surface area contributed by atoms with Crippen LogP contribution in [0, 0.1) is 5.92 Å². The molecule has 126 valence electrons. The smallest absolute Gasteiger partial charge is 0.306 e. The number of rotatable bonds is 6. The maximum atomic E-state index is 11.9. The summed E-state index contributed by atoms with van der Waals surface area (Å²) in [5.74, 6) is 0.0686. The fraction of sp³-hybridized carbons (Fsp3) is 0.400. The minimum Gasteiger partial charge on any atom is -0.456 e. The Hall–Kier alpha value is -2.36. The third-order valence-corrected chi connectivity index (χ3v) is 4.63. The van der Waals surface area contributed by atoms with Gasteiger partial charge < -0.3 is 10.1 Å². The molecule has 0 unspecified atom stereocenters. The second-order valence-corrected chi connectivity index (χ2v) is 6.46. The largest absolute Gasteiger partial charge is 0.456 e. The van der Waals surface area contributed by atoms with Gasteiger partial charge in [-0.05, 0) is 35.2 Å². The summed E-state index contributed by atoms with van der Waals surface area (Å²) in [6, 6.07) is 13.7. The number of nitrogens with one attached hydrogen (secondary N) is 1. The molecule has 1 fully saturated rings. The van der Waals surface area contributed by atoms with Crippen molar-refractivity contribution in [1.29, 1.82) is 0 Å². The zero-order valence-electron chi connectivity index (χ0n) is 13.8. The molecule has 0 aromatic heterocycles. The molecule has 0 spiro atoms. The van der Waals surface area contributed by atoms with Crippen molar-refractivity contribution in [3.05, 3.63) is 42.5 Å². The van der Waals surface area contributed by atoms with E-state index in [1.165, 1.54) is 25.7 Å². The Morgan fingerprint density at radius 3 is 2.58 bits per heavy atom. The topological polar surface area (TPSA) is 55.4 Å². The molecule has 4 nitrogen and oxygen atoms in total. The summed E-state index contributed by atoms with van der Waals surface area (Å²) in [6.45, 7) is -0.226. The molecule has 1 aliphatic rings. The van der Waals surface area contributed by atoms with Crippen molar-refractivity contribution in [2.24, 2.45) is 5.92 Å². The van der Waals surface area contributed by atoms with E-state index < -0.39 is 0 Å². The molecule has 0 bridgehead atoms. The highest BCUT2D eigenvalue weighted by atomic mass is 16.5. The summed E-state index contributed by atoms with van der Waals surface area (Å²) >= 11 is 0. The first kappa shape index (κ1) is 16.5. The van der Waals surface area contributed by atoms with E-state index in [0.29, 0.717) is 18.0 Å². The molecule has 2 aromatic rings. The maximum Gasteiger partial charge on any atom is 0.306 e. The highest BCUT2D eigenvalue weighted by Crippen LogP contribution is 2.28. The summed E-state index contributed by atoms with van der Waals surface area (Å²) in [4.78, 5) is 23.7. The van der Waals surface area contributed by atoms with E-state index in [4.69, 9.17) is 4.74 Å². The molecule has 1 amide bonds. The van der Waals surface area contributed by atoms with Crippen LogP contribution in [0.4, 0.5) is 5.69 Å². The second-order valence-electron chi connectivity index (χ2n) is 6.46. The summed E-state index contributed by atoms with van der Waals surface area (Å²) in [5.41, 5.74) is 0.709. The number of fused-ring (bicyclic) bond motifs is 1. The first-order valence-electron chi connectivity index (χ1n) is 8.65. The fourth-order valence-electron chi connectivity index (χ4n) is 3.30. The van der Waals surface area contributed by atoms with E-state index in [-0.39, 0.29) is 18.5 Å². The van der Waals surface area contributed by atoms with Gasteiger partial charge in [-0.15, -0.1) is 0 Å². The van der Waals surface area contributed by atoms with E-state index in [0.717, 1.165) is 17.2 Å². The van der Waals surface area contributed by atoms with Gasteiger partial charge in [0, 0.05) is 12.1 Å². The summed E-state index contributed by atoms with van der Waals surface area (Å²) in [5, 5.41) is 4.95. The van der Waals surface area contributed by atoms with E-state index in [1.54, 1.807) is 0 Å². The third-order valence-electron chi connectivity index (χ3n) is 4.63. The van der Waals surface area contributed by atoms with Gasteiger partial charge in [0.15, 0.2) is 6.61 Å². The Kier molecular flexibility index (Phi) is 5.47. The van der Waals surface area contributed by atoms with Crippen LogP contribution < -0.4 is 5.32 Å². The number of hydrogen-bond donors (Lipinski definition) is 1. The highest BCUT2D eigenvalue weighted by molar-refractivity contribution is 5.95. The molecule has 1 aliphatic carbocycles. The number of carbonyl (C=O) groups excluding carboxylic acids is 2. The minimum absolute atomic E-state index is 0.226. The predicted molar refractivity (Wildman–Crippen MR) is 94.7 cm³/mol. The minimum atomic E-state index is -0.306. The van der Waals surface area contributed by atoms with E-state index >= 15 is 0 Å². The number of benzene rings is 2. The monoisotopic (exact) mass is 325 g/mol. The normalized spacial score (nSPS) is 14.7. The summed E-state index contributed by atoms with van der Waals surface area (Å²) in [7, 11) is 0. The van der Waals surface area contributed by atoms with Gasteiger partial charge in [-0.25, -0.2) is 0 Å². The number of amides is 1. The van der Waals surface area contributed by atoms with Crippen molar-refractivity contribution in [3.8, 4) is 0 Å². The molecular formula is C20H23NO3. The Labute approximate surface area is 142 Å². The molecule has 0 heterocycles. The van der Waals surface area contributed by atoms with E-state index in [2.05, 4.69) is 5.32 Å². The van der Waals surface area contributed by atoms with Crippen molar-refractivity contribution in [3.63, 3.8) is 0 Å². The number of hydrogen-bond acceptors (Lipinski definition) is 3. The summed E-state index contributed by atoms with van der Waals surface area (Å²) in [6.07, 6.45) is 6.27. The molecule has 0 aliphatic heterocycles. The average Bonchev–Trinajstić information content (AvgIpc) is 3.11. The maximum absolute atomic E-state index is 11.9. The lowest BCUT2D eigenvalue weighted by molar-refractivity contribution is -0.147. The van der Waals surface area contributed by atoms with Crippen molar-refractivity contribution in [2.75, 3.05) is 11.9 Å². The molecule has 24 heavy (non-hydrogen) atoms. The lowest BCUT2D eigenvalue weighted by atomic mass is 10.0. The SMILES string of the molecule is O=C(COC(=O)CCC1CCCC1)Nc1ccc2ccccc2c1. The number of ether oxygens (including phenoxy) is 1. The van der Waals surface area contributed by atoms with Crippen LogP contribution in [-0.4, -0.2) is 18.5 Å². The number of anilines is 1. The van der Waals surface area contributed by atoms with Crippen molar-refractivity contribution in [1.82, 2.24) is 0 Å². The quantitative estimate of drug-likeness (QED) is 0.806. The second kappa shape index (κ2) is 7.95. The van der Waals surface area contributed by atoms with Gasteiger partial charge in [-0.2, -0.15) is 0 Å². The molecule has 3 rings (SSSR count). The average molecular weight is 325 g/mol. The fourth-order valence-corrected chi connectivity index (χ4v) is 3.30. The van der Waals surface area contributed by atoms with Crippen LogP contribution >= 0.6 is 0 Å². The van der Waals surface area contributed by atoms with E-state index in [1.807, 2.05) is 42.5 Å². The van der Waals surface area contributed by atoms with Crippen molar-refractivity contribution in [2.45, 2.75) is 38.5 Å². The molecule has 4 heteroatoms. The lowest BCUT2D eigenvalue weighted by Crippen LogP contribution is -2.21. The van der Waals surface area contributed by atoms with E-state index in [9.17, 15) is 9.59 Å². The Balaban J connectivity index is 1.43. The molecule has 0 saturated heterocycles. The van der Waals surface area contributed by atoms with Crippen molar-refractivity contribution < 1.29 is 14.3 Å². The standard InChI is InChI=1S/C20H23NO3/c22-19(14-24-20(23)12-9-15-5-1-2-6-15)21-18-11-10-16-7-3-4-8-17(16)13-18/h3-4,7-8,10-11,13,15H,1-2,5-6,9,12,14H2,(H,21,22). The molecular weight excluding hydrogens is 302 g/mol. The molecule has 0 atom stereocenters. The Morgan fingerprint density at radius 2 is 1.79 bits per heavy atom. The van der Waals surface area contributed by atoms with Gasteiger partial charge in [0.05, 0.1) is 0 Å². The zero-order valence-corrected chi connectivity index (χ0v) is 13.8. The third kappa shape index (κ3) is 4.57. The van der Waals surface area contributed by atoms with Crippen LogP contribution in [0.1, 0.15) is 38.5 Å². The van der Waals surface area contributed by atoms with Crippen LogP contribution in [0.3, 0.4) is 0 Å². The van der Waals surface area contributed by atoms with Crippen LogP contribution in [0.2, 0.25) is 0 Å². The number of carbonyl (C=O) groups is 2. The van der Waals surface area contributed by atoms with Crippen LogP contribution in [0.25, 0.3) is 10.8 Å². The summed E-state index contributed by atoms with van der Waals surface area (Å²) < 4.78 is 5.07. The van der Waals surface area contributed by atoms with Gasteiger partial charge in [0.25, 0.3) is 5.91 Å². The lowest BCUT2D eigenvalue weighted by Gasteiger charge is -2.09. The van der Waals surface area contributed by atoms with Gasteiger partial charge in [-0.1, -0.05) is 56.0 Å². The van der Waals surface area contributed by atoms with Crippen LogP contribution in [0.15, 0.2) is 42.5 Å². The van der Waals surface area contributed by atoms with Crippen LogP contribution in [-0.2, 0) is 14.3 Å². The number of esters is 1. The van der Waals surface area contributed by atoms with Gasteiger partial charge >= 0.3 is 5.97 Å². The molecule has 2 aromatic carbocycles. The Morgan fingerprint density at radius 1 is 1.04 bits per heavy atom. The molecule has 0 radical (unpaired) electrons. The van der Waals surface area contributed by atoms with Gasteiger partial charge in [0.1, 0.15) is 0 Å². The highest BCUT2D eigenvalue weighted by Gasteiger charge is 2.17. The molecule has 1 N–H and O–H groups in total. The van der Waals surface area contributed by atoms with Gasteiger partial charge in [0.2, 0.25) is 0 Å². The first-order chi connectivity index (χ1) is 11.7. The molecule has 1 saturated carbocycles. The first-order valence-corrected chi connectivity index (χ1v) is 8.65. The van der Waals surface area contributed by atoms with Crippen LogP contribution in [0.5, 0.6) is 0 Å². The van der Waals surface area contributed by atoms with Gasteiger partial charge in [-0.3, -0.25) is 9.59 Å². The Bertz CT molecular complexity index is 720. The van der Waals surface area contributed by atoms with Crippen molar-refractivity contribution >= 4 is 28.3 Å². The predicted octanol–water partition coefficient (Wildman–Crippen LogP) is 4.29. The zero-order chi connectivity index (χ0) is 16.8.